The molecule has 4 unspecified atom stereocenters. The summed E-state index contributed by atoms with van der Waals surface area (Å²) in [5.74, 6) is -2.27. The third-order valence-electron chi connectivity index (χ3n) is 4.15. The van der Waals surface area contributed by atoms with Crippen molar-refractivity contribution in [1.29, 1.82) is 0 Å². The van der Waals surface area contributed by atoms with Crippen molar-refractivity contribution in [2.24, 2.45) is 11.5 Å². The SMILES string of the molecule is CSCCC(NC(=O)C(CS)NC(=O)C(N)CS)C(=O)NC(CCCCN)C(=O)O. The molecule has 4 atom stereocenters. The van der Waals surface area contributed by atoms with E-state index in [1.165, 1.54) is 11.8 Å². The highest BCUT2D eigenvalue weighted by atomic mass is 32.2. The van der Waals surface area contributed by atoms with Crippen LogP contribution in [0.2, 0.25) is 0 Å². The molecule has 0 saturated heterocycles. The van der Waals surface area contributed by atoms with Crippen LogP contribution < -0.4 is 27.4 Å². The second kappa shape index (κ2) is 16.5. The van der Waals surface area contributed by atoms with E-state index in [9.17, 15) is 24.3 Å². The van der Waals surface area contributed by atoms with Crippen molar-refractivity contribution in [2.75, 3.05) is 30.1 Å². The summed E-state index contributed by atoms with van der Waals surface area (Å²) < 4.78 is 0. The Labute approximate surface area is 192 Å². The van der Waals surface area contributed by atoms with Gasteiger partial charge < -0.3 is 32.5 Å². The second-order valence-electron chi connectivity index (χ2n) is 6.56. The predicted octanol–water partition coefficient (Wildman–Crippen LogP) is -1.41. The van der Waals surface area contributed by atoms with Gasteiger partial charge in [-0.3, -0.25) is 14.4 Å². The number of hydrogen-bond acceptors (Lipinski definition) is 9. The lowest BCUT2D eigenvalue weighted by molar-refractivity contribution is -0.142. The second-order valence-corrected chi connectivity index (χ2v) is 8.28. The normalized spacial score (nSPS) is 14.8. The average molecular weight is 484 g/mol. The third-order valence-corrected chi connectivity index (χ3v) is 5.56. The van der Waals surface area contributed by atoms with E-state index in [0.717, 1.165) is 0 Å². The molecule has 0 aliphatic heterocycles. The van der Waals surface area contributed by atoms with Crippen LogP contribution >= 0.6 is 37.0 Å². The van der Waals surface area contributed by atoms with Gasteiger partial charge in [-0.2, -0.15) is 37.0 Å². The van der Waals surface area contributed by atoms with Crippen molar-refractivity contribution in [2.45, 2.75) is 49.9 Å². The molecule has 0 aromatic carbocycles. The summed E-state index contributed by atoms with van der Waals surface area (Å²) in [4.78, 5) is 48.6. The first-order valence-corrected chi connectivity index (χ1v) is 12.2. The molecule has 8 N–H and O–H groups in total. The van der Waals surface area contributed by atoms with Gasteiger partial charge in [-0.05, 0) is 44.2 Å². The molecular formula is C17H33N5O5S3. The first kappa shape index (κ1) is 28.9. The average Bonchev–Trinajstić information content (AvgIpc) is 2.72. The smallest absolute Gasteiger partial charge is 0.326 e. The van der Waals surface area contributed by atoms with Gasteiger partial charge in [0.2, 0.25) is 17.7 Å². The minimum Gasteiger partial charge on any atom is -0.480 e. The molecular weight excluding hydrogens is 450 g/mol. The molecule has 0 heterocycles. The van der Waals surface area contributed by atoms with Gasteiger partial charge in [-0.25, -0.2) is 4.79 Å². The minimum absolute atomic E-state index is 0.00935. The van der Waals surface area contributed by atoms with Crippen LogP contribution in [0.1, 0.15) is 25.7 Å². The van der Waals surface area contributed by atoms with Gasteiger partial charge in [0, 0.05) is 11.5 Å². The van der Waals surface area contributed by atoms with Crippen LogP contribution in [-0.2, 0) is 19.2 Å². The molecule has 174 valence electrons. The number of hydrogen-bond donors (Lipinski definition) is 8. The fourth-order valence-corrected chi connectivity index (χ4v) is 3.25. The number of carbonyl (C=O) groups is 4. The van der Waals surface area contributed by atoms with Gasteiger partial charge >= 0.3 is 5.97 Å². The number of carboxylic acids is 1. The summed E-state index contributed by atoms with van der Waals surface area (Å²) in [6.07, 6.45) is 3.56. The fourth-order valence-electron chi connectivity index (χ4n) is 2.36. The molecule has 13 heteroatoms. The predicted molar refractivity (Wildman–Crippen MR) is 125 cm³/mol. The van der Waals surface area contributed by atoms with Gasteiger partial charge in [-0.1, -0.05) is 0 Å². The fraction of sp³-hybridized carbons (Fsp3) is 0.765. The van der Waals surface area contributed by atoms with Crippen LogP contribution in [0.15, 0.2) is 0 Å². The minimum atomic E-state index is -1.16. The lowest BCUT2D eigenvalue weighted by Gasteiger charge is -2.24. The van der Waals surface area contributed by atoms with E-state index < -0.39 is 47.9 Å². The summed E-state index contributed by atoms with van der Waals surface area (Å²) in [7, 11) is 0. The standard InChI is InChI=1S/C17H33N5O5S3/c1-30-7-5-11(15(24)21-12(17(26)27)4-2-3-6-18)20-16(25)13(9-29)22-14(23)10(19)8-28/h10-13,28-29H,2-9,18-19H2,1H3,(H,20,25)(H,21,24)(H,22,23)(H,26,27). The van der Waals surface area contributed by atoms with E-state index >= 15 is 0 Å². The quantitative estimate of drug-likeness (QED) is 0.0975. The Morgan fingerprint density at radius 1 is 0.900 bits per heavy atom. The number of aliphatic carboxylic acids is 1. The Bertz CT molecular complexity index is 570. The van der Waals surface area contributed by atoms with Gasteiger partial charge in [0.1, 0.15) is 18.1 Å². The highest BCUT2D eigenvalue weighted by Crippen LogP contribution is 2.06. The first-order chi connectivity index (χ1) is 14.2. The Balaban J connectivity index is 5.13. The van der Waals surface area contributed by atoms with E-state index in [0.29, 0.717) is 25.1 Å². The molecule has 0 aromatic heterocycles. The summed E-state index contributed by atoms with van der Waals surface area (Å²) >= 11 is 9.49. The molecule has 30 heavy (non-hydrogen) atoms. The van der Waals surface area contributed by atoms with Crippen LogP contribution in [0, 0.1) is 0 Å². The van der Waals surface area contributed by atoms with Crippen LogP contribution in [0.4, 0.5) is 0 Å². The number of thioether (sulfide) groups is 1. The molecule has 0 fully saturated rings. The Morgan fingerprint density at radius 3 is 1.97 bits per heavy atom. The number of amides is 3. The van der Waals surface area contributed by atoms with Crippen LogP contribution in [0.3, 0.4) is 0 Å². The lowest BCUT2D eigenvalue weighted by Crippen LogP contribution is -2.57. The molecule has 10 nitrogen and oxygen atoms in total. The first-order valence-electron chi connectivity index (χ1n) is 9.51. The molecule has 0 aliphatic rings. The number of carboxylic acid groups (broad SMARTS) is 1. The summed E-state index contributed by atoms with van der Waals surface area (Å²) in [5, 5.41) is 16.9. The molecule has 0 aliphatic carbocycles. The van der Waals surface area contributed by atoms with Gasteiger partial charge in [0.15, 0.2) is 0 Å². The maximum Gasteiger partial charge on any atom is 0.326 e. The highest BCUT2D eigenvalue weighted by molar-refractivity contribution is 7.98. The molecule has 0 bridgehead atoms. The molecule has 0 rings (SSSR count). The van der Waals surface area contributed by atoms with Crippen molar-refractivity contribution < 1.29 is 24.3 Å². The topological polar surface area (TPSA) is 177 Å². The molecule has 0 aromatic rings. The van der Waals surface area contributed by atoms with Gasteiger partial charge in [0.25, 0.3) is 0 Å². The van der Waals surface area contributed by atoms with Gasteiger partial charge in [0.05, 0.1) is 6.04 Å². The Hall–Kier alpha value is -1.15. The van der Waals surface area contributed by atoms with Crippen molar-refractivity contribution in [3.8, 4) is 0 Å². The summed E-state index contributed by atoms with van der Waals surface area (Å²) in [5.41, 5.74) is 11.0. The highest BCUT2D eigenvalue weighted by Gasteiger charge is 2.29. The lowest BCUT2D eigenvalue weighted by atomic mass is 10.1. The molecule has 0 saturated carbocycles. The van der Waals surface area contributed by atoms with E-state index in [1.54, 1.807) is 0 Å². The van der Waals surface area contributed by atoms with Crippen molar-refractivity contribution in [3.63, 3.8) is 0 Å². The summed E-state index contributed by atoms with van der Waals surface area (Å²) in [6.45, 7) is 0.431. The van der Waals surface area contributed by atoms with Crippen LogP contribution in [0.25, 0.3) is 0 Å². The number of thiol groups is 2. The number of unbranched alkanes of at least 4 members (excludes halogenated alkanes) is 1. The zero-order chi connectivity index (χ0) is 23.1. The molecule has 0 spiro atoms. The zero-order valence-electron chi connectivity index (χ0n) is 17.0. The largest absolute Gasteiger partial charge is 0.480 e. The van der Waals surface area contributed by atoms with E-state index in [4.69, 9.17) is 11.5 Å². The van der Waals surface area contributed by atoms with E-state index in [-0.39, 0.29) is 24.3 Å². The van der Waals surface area contributed by atoms with Crippen LogP contribution in [-0.4, -0.2) is 83.0 Å². The Morgan fingerprint density at radius 2 is 1.47 bits per heavy atom. The van der Waals surface area contributed by atoms with E-state index in [2.05, 4.69) is 41.2 Å². The Kier molecular flexibility index (Phi) is 15.9. The van der Waals surface area contributed by atoms with Crippen LogP contribution in [0.5, 0.6) is 0 Å². The number of nitrogens with two attached hydrogens (primary N) is 2. The number of rotatable bonds is 16. The maximum absolute atomic E-state index is 12.7. The third kappa shape index (κ3) is 11.3. The molecule has 0 radical (unpaired) electrons. The molecule has 3 amide bonds. The number of nitrogens with one attached hydrogen (secondary N) is 3. The van der Waals surface area contributed by atoms with Gasteiger partial charge in [-0.15, -0.1) is 0 Å². The zero-order valence-corrected chi connectivity index (χ0v) is 19.6. The van der Waals surface area contributed by atoms with Crippen molar-refractivity contribution in [1.82, 2.24) is 16.0 Å². The maximum atomic E-state index is 12.7. The van der Waals surface area contributed by atoms with Crippen molar-refractivity contribution >= 4 is 60.7 Å². The van der Waals surface area contributed by atoms with Crippen molar-refractivity contribution in [3.05, 3.63) is 0 Å². The van der Waals surface area contributed by atoms with E-state index in [1.807, 2.05) is 6.26 Å². The monoisotopic (exact) mass is 483 g/mol. The summed E-state index contributed by atoms with van der Waals surface area (Å²) in [6, 6.07) is -3.93. The number of carbonyl (C=O) groups excluding carboxylic acids is 3.